The summed E-state index contributed by atoms with van der Waals surface area (Å²) in [7, 11) is 0. The molecule has 4 rings (SSSR count). The Morgan fingerprint density at radius 1 is 1.28 bits per heavy atom. The van der Waals surface area contributed by atoms with Gasteiger partial charge in [-0.25, -0.2) is 10.4 Å². The third kappa shape index (κ3) is 5.30. The molecule has 2 N–H and O–H groups in total. The van der Waals surface area contributed by atoms with Gasteiger partial charge in [0.1, 0.15) is 17.1 Å². The number of nitrogens with zero attached hydrogens (tertiary/aromatic N) is 3. The molecule has 9 heteroatoms. The van der Waals surface area contributed by atoms with Crippen LogP contribution in [-0.4, -0.2) is 53.3 Å². The Bertz CT molecular complexity index is 1120. The number of ether oxygens (including phenoxy) is 2. The summed E-state index contributed by atoms with van der Waals surface area (Å²) in [5, 5.41) is 6.84. The second-order valence-corrected chi connectivity index (χ2v) is 7.47. The van der Waals surface area contributed by atoms with Crippen molar-refractivity contribution in [2.75, 3.05) is 19.8 Å². The molecule has 0 spiro atoms. The van der Waals surface area contributed by atoms with Crippen molar-refractivity contribution in [3.05, 3.63) is 65.6 Å². The maximum Gasteiger partial charge on any atom is 0.290 e. The van der Waals surface area contributed by atoms with E-state index in [1.54, 1.807) is 41.8 Å². The normalized spacial score (nSPS) is 15.8. The molecule has 1 atom stereocenters. The Labute approximate surface area is 185 Å². The maximum atomic E-state index is 12.5. The summed E-state index contributed by atoms with van der Waals surface area (Å²) < 4.78 is 12.7. The average Bonchev–Trinajstić information content (AvgIpc) is 3.44. The van der Waals surface area contributed by atoms with E-state index in [0.29, 0.717) is 29.3 Å². The van der Waals surface area contributed by atoms with E-state index < -0.39 is 0 Å². The number of hydrogen-bond acceptors (Lipinski definition) is 6. The van der Waals surface area contributed by atoms with Gasteiger partial charge in [-0.15, -0.1) is 0 Å². The van der Waals surface area contributed by atoms with Crippen LogP contribution in [0.4, 0.5) is 0 Å². The summed E-state index contributed by atoms with van der Waals surface area (Å²) in [6.45, 7) is 3.00. The van der Waals surface area contributed by atoms with Gasteiger partial charge in [0.05, 0.1) is 18.0 Å². The lowest BCUT2D eigenvalue weighted by atomic mass is 10.2. The van der Waals surface area contributed by atoms with Crippen molar-refractivity contribution in [3.8, 4) is 5.75 Å². The summed E-state index contributed by atoms with van der Waals surface area (Å²) in [5.74, 6) is 0.0442. The first-order chi connectivity index (χ1) is 15.6. The standard InChI is InChI=1S/C23H25N5O4/c1-16-22(28-11-3-2-6-20(28)26-16)23(30)27-25-13-17-7-9-18(10-8-17)32-15-21(29)24-14-19-5-4-12-31-19/h2-3,6-11,13,19H,4-5,12,14-15H2,1H3,(H,24,29)(H,27,30)/b25-13-/t19-/m0/s1. The van der Waals surface area contributed by atoms with E-state index in [0.717, 1.165) is 25.0 Å². The topological polar surface area (TPSA) is 106 Å². The van der Waals surface area contributed by atoms with E-state index in [1.165, 1.54) is 6.21 Å². The minimum Gasteiger partial charge on any atom is -0.484 e. The molecule has 3 heterocycles. The highest BCUT2D eigenvalue weighted by molar-refractivity contribution is 5.95. The summed E-state index contributed by atoms with van der Waals surface area (Å²) in [6.07, 6.45) is 5.44. The largest absolute Gasteiger partial charge is 0.484 e. The van der Waals surface area contributed by atoms with E-state index in [1.807, 2.05) is 18.2 Å². The van der Waals surface area contributed by atoms with Crippen LogP contribution in [0.15, 0.2) is 53.8 Å². The number of pyridine rings is 1. The van der Waals surface area contributed by atoms with E-state index >= 15 is 0 Å². The molecule has 2 amide bonds. The SMILES string of the molecule is Cc1nc2ccccn2c1C(=O)N/N=C\c1ccc(OCC(=O)NC[C@@H]2CCCO2)cc1. The lowest BCUT2D eigenvalue weighted by Crippen LogP contribution is -2.35. The van der Waals surface area contributed by atoms with Gasteiger partial charge in [0.2, 0.25) is 0 Å². The van der Waals surface area contributed by atoms with Crippen LogP contribution in [0.5, 0.6) is 5.75 Å². The Kier molecular flexibility index (Phi) is 6.76. The van der Waals surface area contributed by atoms with Gasteiger partial charge in [0, 0.05) is 19.3 Å². The van der Waals surface area contributed by atoms with Gasteiger partial charge in [-0.2, -0.15) is 5.10 Å². The van der Waals surface area contributed by atoms with Crippen LogP contribution in [0.3, 0.4) is 0 Å². The van der Waals surface area contributed by atoms with Crippen molar-refractivity contribution in [1.82, 2.24) is 20.1 Å². The number of carbonyl (C=O) groups excluding carboxylic acids is 2. The van der Waals surface area contributed by atoms with Crippen LogP contribution in [0.1, 0.15) is 34.6 Å². The molecule has 1 aliphatic rings. The van der Waals surface area contributed by atoms with Gasteiger partial charge in [0.25, 0.3) is 11.8 Å². The first-order valence-corrected chi connectivity index (χ1v) is 10.5. The van der Waals surface area contributed by atoms with Crippen molar-refractivity contribution in [2.45, 2.75) is 25.9 Å². The van der Waals surface area contributed by atoms with Crippen molar-refractivity contribution in [3.63, 3.8) is 0 Å². The zero-order valence-electron chi connectivity index (χ0n) is 17.8. The molecule has 9 nitrogen and oxygen atoms in total. The van der Waals surface area contributed by atoms with Gasteiger partial charge in [-0.1, -0.05) is 6.07 Å². The molecule has 1 aliphatic heterocycles. The Morgan fingerprint density at radius 3 is 2.91 bits per heavy atom. The summed E-state index contributed by atoms with van der Waals surface area (Å²) in [6, 6.07) is 12.6. The third-order valence-electron chi connectivity index (χ3n) is 5.10. The Hall–Kier alpha value is -3.72. The van der Waals surface area contributed by atoms with Crippen LogP contribution >= 0.6 is 0 Å². The lowest BCUT2D eigenvalue weighted by Gasteiger charge is -2.11. The highest BCUT2D eigenvalue weighted by Crippen LogP contribution is 2.13. The summed E-state index contributed by atoms with van der Waals surface area (Å²) in [4.78, 5) is 28.8. The van der Waals surface area contributed by atoms with Gasteiger partial charge < -0.3 is 14.8 Å². The van der Waals surface area contributed by atoms with E-state index in [4.69, 9.17) is 9.47 Å². The molecule has 166 valence electrons. The minimum absolute atomic E-state index is 0.0606. The second kappa shape index (κ2) is 10.1. The number of aryl methyl sites for hydroxylation is 1. The first-order valence-electron chi connectivity index (χ1n) is 10.5. The molecular formula is C23H25N5O4. The first kappa shape index (κ1) is 21.5. The summed E-state index contributed by atoms with van der Waals surface area (Å²) in [5.41, 5.74) is 5.08. The number of nitrogens with one attached hydrogen (secondary N) is 2. The molecule has 1 fully saturated rings. The predicted molar refractivity (Wildman–Crippen MR) is 119 cm³/mol. The number of carbonyl (C=O) groups is 2. The number of benzene rings is 1. The number of hydrazone groups is 1. The average molecular weight is 435 g/mol. The van der Waals surface area contributed by atoms with E-state index in [2.05, 4.69) is 20.8 Å². The minimum atomic E-state index is -0.341. The third-order valence-corrected chi connectivity index (χ3v) is 5.10. The number of amides is 2. The van der Waals surface area contributed by atoms with Gasteiger partial charge in [-0.3, -0.25) is 14.0 Å². The van der Waals surface area contributed by atoms with Gasteiger partial charge in [0.15, 0.2) is 6.61 Å². The number of rotatable bonds is 8. The van der Waals surface area contributed by atoms with Crippen LogP contribution in [0, 0.1) is 6.92 Å². The van der Waals surface area contributed by atoms with Crippen LogP contribution in [-0.2, 0) is 9.53 Å². The predicted octanol–water partition coefficient (Wildman–Crippen LogP) is 2.08. The molecule has 1 saturated heterocycles. The van der Waals surface area contributed by atoms with E-state index in [9.17, 15) is 9.59 Å². The molecule has 1 aromatic carbocycles. The molecule has 32 heavy (non-hydrogen) atoms. The molecule has 2 aromatic heterocycles. The monoisotopic (exact) mass is 435 g/mol. The van der Waals surface area contributed by atoms with Crippen molar-refractivity contribution in [1.29, 1.82) is 0 Å². The fourth-order valence-electron chi connectivity index (χ4n) is 3.49. The number of aromatic nitrogens is 2. The zero-order chi connectivity index (χ0) is 22.3. The molecule has 3 aromatic rings. The molecule has 0 saturated carbocycles. The van der Waals surface area contributed by atoms with Crippen molar-refractivity contribution < 1.29 is 19.1 Å². The fourth-order valence-corrected chi connectivity index (χ4v) is 3.49. The number of imidazole rings is 1. The Balaban J connectivity index is 1.25. The maximum absolute atomic E-state index is 12.5. The van der Waals surface area contributed by atoms with Gasteiger partial charge >= 0.3 is 0 Å². The smallest absolute Gasteiger partial charge is 0.290 e. The molecule has 0 aliphatic carbocycles. The second-order valence-electron chi connectivity index (χ2n) is 7.47. The molecule has 0 bridgehead atoms. The molecule has 0 unspecified atom stereocenters. The molecular weight excluding hydrogens is 410 g/mol. The highest BCUT2D eigenvalue weighted by atomic mass is 16.5. The summed E-state index contributed by atoms with van der Waals surface area (Å²) >= 11 is 0. The van der Waals surface area contributed by atoms with Crippen LogP contribution in [0.25, 0.3) is 5.65 Å². The van der Waals surface area contributed by atoms with Crippen molar-refractivity contribution in [2.24, 2.45) is 5.10 Å². The fraction of sp³-hybridized carbons (Fsp3) is 0.304. The van der Waals surface area contributed by atoms with Crippen LogP contribution < -0.4 is 15.5 Å². The highest BCUT2D eigenvalue weighted by Gasteiger charge is 2.17. The van der Waals surface area contributed by atoms with Crippen molar-refractivity contribution >= 4 is 23.7 Å². The Morgan fingerprint density at radius 2 is 2.12 bits per heavy atom. The zero-order valence-corrected chi connectivity index (χ0v) is 17.8. The molecule has 0 radical (unpaired) electrons. The lowest BCUT2D eigenvalue weighted by molar-refractivity contribution is -0.123. The number of fused-ring (bicyclic) bond motifs is 1. The number of hydrogen-bond donors (Lipinski definition) is 2. The quantitative estimate of drug-likeness (QED) is 0.416. The van der Waals surface area contributed by atoms with Crippen LogP contribution in [0.2, 0.25) is 0 Å². The van der Waals surface area contributed by atoms with Gasteiger partial charge in [-0.05, 0) is 61.7 Å². The van der Waals surface area contributed by atoms with E-state index in [-0.39, 0.29) is 24.5 Å².